The molecule has 1 aromatic carbocycles. The summed E-state index contributed by atoms with van der Waals surface area (Å²) >= 11 is 0. The van der Waals surface area contributed by atoms with Crippen molar-refractivity contribution < 1.29 is 17.7 Å². The summed E-state index contributed by atoms with van der Waals surface area (Å²) in [7, 11) is 0. The molecule has 0 unspecified atom stereocenters. The van der Waals surface area contributed by atoms with Crippen molar-refractivity contribution in [1.82, 2.24) is 19.3 Å². The van der Waals surface area contributed by atoms with Gasteiger partial charge in [-0.2, -0.15) is 18.2 Å². The molecule has 27 heavy (non-hydrogen) atoms. The molecule has 0 atom stereocenters. The van der Waals surface area contributed by atoms with Crippen LogP contribution in [-0.2, 0) is 12.7 Å². The Labute approximate surface area is 149 Å². The van der Waals surface area contributed by atoms with Crippen LogP contribution >= 0.6 is 0 Å². The fourth-order valence-electron chi connectivity index (χ4n) is 2.70. The minimum absolute atomic E-state index is 0.00748. The smallest absolute Gasteiger partial charge is 0.337 e. The average Bonchev–Trinajstić information content (AvgIpc) is 3.36. The summed E-state index contributed by atoms with van der Waals surface area (Å²) in [6, 6.07) is 4.61. The van der Waals surface area contributed by atoms with Gasteiger partial charge >= 0.3 is 17.3 Å². The van der Waals surface area contributed by atoms with Crippen LogP contribution in [-0.4, -0.2) is 19.3 Å². The maximum Gasteiger partial charge on any atom is 0.416 e. The first-order chi connectivity index (χ1) is 12.8. The first kappa shape index (κ1) is 17.3. The molecular weight excluding hydrogens is 365 g/mol. The van der Waals surface area contributed by atoms with Gasteiger partial charge in [-0.3, -0.25) is 14.2 Å². The van der Waals surface area contributed by atoms with E-state index in [9.17, 15) is 22.8 Å². The Balaban J connectivity index is 1.60. The number of halogens is 3. The van der Waals surface area contributed by atoms with E-state index in [0.29, 0.717) is 0 Å². The minimum Gasteiger partial charge on any atom is -0.337 e. The number of alkyl halides is 3. The summed E-state index contributed by atoms with van der Waals surface area (Å²) in [6.07, 6.45) is 0.240. The zero-order valence-electron chi connectivity index (χ0n) is 13.8. The lowest BCUT2D eigenvalue weighted by Crippen LogP contribution is -2.40. The van der Waals surface area contributed by atoms with Gasteiger partial charge < -0.3 is 9.09 Å². The van der Waals surface area contributed by atoms with Crippen molar-refractivity contribution in [3.8, 4) is 11.4 Å². The Bertz CT molecular complexity index is 1110. The van der Waals surface area contributed by atoms with Crippen LogP contribution in [0.25, 0.3) is 11.4 Å². The largest absolute Gasteiger partial charge is 0.416 e. The van der Waals surface area contributed by atoms with Crippen molar-refractivity contribution in [3.63, 3.8) is 0 Å². The van der Waals surface area contributed by atoms with Gasteiger partial charge in [-0.15, -0.1) is 0 Å². The minimum atomic E-state index is -4.48. The van der Waals surface area contributed by atoms with Crippen LogP contribution in [0.1, 0.15) is 30.3 Å². The summed E-state index contributed by atoms with van der Waals surface area (Å²) in [4.78, 5) is 28.3. The number of nitrogens with zero attached hydrogens (tertiary/aromatic N) is 4. The number of aromatic nitrogens is 4. The van der Waals surface area contributed by atoms with Gasteiger partial charge in [0.15, 0.2) is 0 Å². The van der Waals surface area contributed by atoms with Crippen molar-refractivity contribution in [3.05, 3.63) is 68.8 Å². The third-order valence-corrected chi connectivity index (χ3v) is 4.25. The first-order valence-corrected chi connectivity index (χ1v) is 8.15. The summed E-state index contributed by atoms with van der Waals surface area (Å²) in [5, 5.41) is 3.66. The van der Waals surface area contributed by atoms with Gasteiger partial charge in [-0.05, 0) is 25.0 Å². The van der Waals surface area contributed by atoms with Crippen LogP contribution in [0, 0.1) is 0 Å². The zero-order chi connectivity index (χ0) is 19.2. The third kappa shape index (κ3) is 3.42. The van der Waals surface area contributed by atoms with Crippen LogP contribution < -0.4 is 11.1 Å². The molecule has 1 fully saturated rings. The second-order valence-electron chi connectivity index (χ2n) is 6.27. The zero-order valence-corrected chi connectivity index (χ0v) is 13.8. The second kappa shape index (κ2) is 6.22. The average molecular weight is 378 g/mol. The van der Waals surface area contributed by atoms with Gasteiger partial charge in [0.1, 0.15) is 6.54 Å². The molecule has 1 aliphatic rings. The van der Waals surface area contributed by atoms with Gasteiger partial charge in [0.05, 0.1) is 5.56 Å². The highest BCUT2D eigenvalue weighted by Gasteiger charge is 2.31. The molecule has 0 saturated heterocycles. The van der Waals surface area contributed by atoms with E-state index in [0.717, 1.165) is 29.5 Å². The maximum atomic E-state index is 12.8. The van der Waals surface area contributed by atoms with E-state index < -0.39 is 22.9 Å². The van der Waals surface area contributed by atoms with E-state index in [1.54, 1.807) is 0 Å². The van der Waals surface area contributed by atoms with Crippen molar-refractivity contribution in [1.29, 1.82) is 0 Å². The van der Waals surface area contributed by atoms with E-state index >= 15 is 0 Å². The molecule has 0 amide bonds. The van der Waals surface area contributed by atoms with Crippen LogP contribution in [0.5, 0.6) is 0 Å². The SMILES string of the molecule is O=c1c(=O)n(C2CC2)ccn1Cc1nc(-c2cccc(C(F)(F)F)c2)no1. The quantitative estimate of drug-likeness (QED) is 0.652. The third-order valence-electron chi connectivity index (χ3n) is 4.25. The molecule has 3 aromatic rings. The lowest BCUT2D eigenvalue weighted by Gasteiger charge is -2.06. The number of hydrogen-bond donors (Lipinski definition) is 0. The van der Waals surface area contributed by atoms with Gasteiger partial charge in [0, 0.05) is 24.0 Å². The molecule has 4 rings (SSSR count). The molecule has 0 bridgehead atoms. The lowest BCUT2D eigenvalue weighted by molar-refractivity contribution is -0.137. The molecule has 0 N–H and O–H groups in total. The Hall–Kier alpha value is -3.17. The summed E-state index contributed by atoms with van der Waals surface area (Å²) < 4.78 is 46.0. The summed E-state index contributed by atoms with van der Waals surface area (Å²) in [5.74, 6) is -0.0245. The van der Waals surface area contributed by atoms with E-state index in [4.69, 9.17) is 4.52 Å². The Morgan fingerprint density at radius 3 is 2.63 bits per heavy atom. The molecule has 1 aliphatic carbocycles. The van der Waals surface area contributed by atoms with E-state index in [2.05, 4.69) is 10.1 Å². The van der Waals surface area contributed by atoms with Crippen LogP contribution in [0.15, 0.2) is 50.8 Å². The van der Waals surface area contributed by atoms with Gasteiger partial charge in [-0.1, -0.05) is 17.3 Å². The van der Waals surface area contributed by atoms with Crippen LogP contribution in [0.3, 0.4) is 0 Å². The van der Waals surface area contributed by atoms with Gasteiger partial charge in [-0.25, -0.2) is 0 Å². The summed E-state index contributed by atoms with van der Waals surface area (Å²) in [6.45, 7) is -0.147. The second-order valence-corrected chi connectivity index (χ2v) is 6.27. The van der Waals surface area contributed by atoms with Crippen molar-refractivity contribution in [2.24, 2.45) is 0 Å². The molecule has 10 heteroatoms. The molecule has 140 valence electrons. The monoisotopic (exact) mass is 378 g/mol. The Morgan fingerprint density at radius 2 is 1.93 bits per heavy atom. The highest BCUT2D eigenvalue weighted by atomic mass is 19.4. The topological polar surface area (TPSA) is 82.9 Å². The Morgan fingerprint density at radius 1 is 1.15 bits per heavy atom. The predicted molar refractivity (Wildman–Crippen MR) is 87.1 cm³/mol. The lowest BCUT2D eigenvalue weighted by atomic mass is 10.1. The molecule has 0 radical (unpaired) electrons. The highest BCUT2D eigenvalue weighted by molar-refractivity contribution is 5.55. The molecular formula is C17H13F3N4O3. The van der Waals surface area contributed by atoms with Crippen molar-refractivity contribution >= 4 is 0 Å². The standard InChI is InChI=1S/C17H13F3N4O3/c18-17(19,20)11-3-1-2-10(8-11)14-21-13(27-22-14)9-23-6-7-24(12-4-5-12)16(26)15(23)25/h1-3,6-8,12H,4-5,9H2. The van der Waals surface area contributed by atoms with Gasteiger partial charge in [0.2, 0.25) is 11.7 Å². The van der Waals surface area contributed by atoms with E-state index in [-0.39, 0.29) is 29.9 Å². The highest BCUT2D eigenvalue weighted by Crippen LogP contribution is 2.33. The number of rotatable bonds is 4. The van der Waals surface area contributed by atoms with E-state index in [1.807, 2.05) is 0 Å². The van der Waals surface area contributed by atoms with Crippen LogP contribution in [0.4, 0.5) is 13.2 Å². The van der Waals surface area contributed by atoms with E-state index in [1.165, 1.54) is 29.1 Å². The maximum absolute atomic E-state index is 12.8. The molecule has 1 saturated carbocycles. The fraction of sp³-hybridized carbons (Fsp3) is 0.294. The number of benzene rings is 1. The first-order valence-electron chi connectivity index (χ1n) is 8.15. The van der Waals surface area contributed by atoms with Crippen molar-refractivity contribution in [2.75, 3.05) is 0 Å². The Kier molecular flexibility index (Phi) is 3.97. The predicted octanol–water partition coefficient (Wildman–Crippen LogP) is 2.46. The molecule has 0 aliphatic heterocycles. The van der Waals surface area contributed by atoms with Crippen LogP contribution in [0.2, 0.25) is 0 Å². The molecule has 7 nitrogen and oxygen atoms in total. The van der Waals surface area contributed by atoms with Gasteiger partial charge in [0.25, 0.3) is 0 Å². The molecule has 2 heterocycles. The number of hydrogen-bond acceptors (Lipinski definition) is 5. The molecule has 2 aromatic heterocycles. The normalized spacial score (nSPS) is 14.5. The van der Waals surface area contributed by atoms with Crippen molar-refractivity contribution in [2.45, 2.75) is 31.6 Å². The molecule has 0 spiro atoms. The summed E-state index contributed by atoms with van der Waals surface area (Å²) in [5.41, 5.74) is -2.04. The fourth-order valence-corrected chi connectivity index (χ4v) is 2.70.